The zero-order valence-corrected chi connectivity index (χ0v) is 18.2. The van der Waals surface area contributed by atoms with Crippen molar-refractivity contribution in [1.29, 1.82) is 0 Å². The number of hydrogen-bond acceptors (Lipinski definition) is 1. The molecule has 1 aromatic heterocycles. The second-order valence-electron chi connectivity index (χ2n) is 7.79. The van der Waals surface area contributed by atoms with Crippen LogP contribution in [0.4, 0.5) is 0 Å². The first kappa shape index (κ1) is 20.7. The molecule has 0 unspecified atom stereocenters. The lowest BCUT2D eigenvalue weighted by Gasteiger charge is -2.12. The first-order valence-corrected chi connectivity index (χ1v) is 10.4. The summed E-state index contributed by atoms with van der Waals surface area (Å²) in [5.41, 5.74) is 10.4. The van der Waals surface area contributed by atoms with E-state index in [2.05, 4.69) is 74.8 Å². The number of hydrogen-bond donors (Lipinski definition) is 1. The van der Waals surface area contributed by atoms with E-state index >= 15 is 0 Å². The fraction of sp³-hybridized carbons (Fsp3) is 0.107. The highest BCUT2D eigenvalue weighted by molar-refractivity contribution is 6.32. The van der Waals surface area contributed by atoms with Crippen LogP contribution in [0.5, 0.6) is 0 Å². The summed E-state index contributed by atoms with van der Waals surface area (Å²) in [4.78, 5) is 8.64. The zero-order chi connectivity index (χ0) is 22.0. The van der Waals surface area contributed by atoms with Crippen molar-refractivity contribution in [2.24, 2.45) is 4.99 Å². The van der Waals surface area contributed by atoms with Crippen molar-refractivity contribution in [3.63, 3.8) is 0 Å². The van der Waals surface area contributed by atoms with Crippen LogP contribution in [0.25, 0.3) is 28.2 Å². The molecule has 0 saturated heterocycles. The van der Waals surface area contributed by atoms with Gasteiger partial charge < -0.3 is 4.98 Å². The first-order valence-electron chi connectivity index (χ1n) is 10.4. The maximum atomic E-state index is 5.94. The van der Waals surface area contributed by atoms with Gasteiger partial charge in [-0.3, -0.25) is 4.99 Å². The summed E-state index contributed by atoms with van der Waals surface area (Å²) < 4.78 is 0. The Bertz CT molecular complexity index is 1300. The Balaban J connectivity index is 1.90. The molecule has 2 radical (unpaired) electrons. The van der Waals surface area contributed by atoms with E-state index in [1.54, 1.807) is 0 Å². The van der Waals surface area contributed by atoms with Crippen LogP contribution >= 0.6 is 0 Å². The van der Waals surface area contributed by atoms with Gasteiger partial charge in [0.05, 0.1) is 5.70 Å². The Morgan fingerprint density at radius 3 is 2.23 bits per heavy atom. The van der Waals surface area contributed by atoms with E-state index in [-0.39, 0.29) is 0 Å². The van der Waals surface area contributed by atoms with Crippen molar-refractivity contribution in [2.75, 3.05) is 0 Å². The van der Waals surface area contributed by atoms with Crippen LogP contribution in [0.3, 0.4) is 0 Å². The van der Waals surface area contributed by atoms with Gasteiger partial charge in [-0.1, -0.05) is 84.8 Å². The lowest BCUT2D eigenvalue weighted by molar-refractivity contribution is 1.28. The predicted molar refractivity (Wildman–Crippen MR) is 136 cm³/mol. The topological polar surface area (TPSA) is 28.1 Å². The Morgan fingerprint density at radius 2 is 1.55 bits per heavy atom. The van der Waals surface area contributed by atoms with Gasteiger partial charge in [0.15, 0.2) is 0 Å². The van der Waals surface area contributed by atoms with Crippen molar-refractivity contribution >= 4 is 47.3 Å². The minimum Gasteiger partial charge on any atom is -0.358 e. The molecule has 0 aliphatic heterocycles. The molecule has 1 N–H and O–H groups in total. The van der Waals surface area contributed by atoms with E-state index in [4.69, 9.17) is 12.8 Å². The number of aromatic amines is 1. The quantitative estimate of drug-likeness (QED) is 0.231. The molecule has 0 saturated carbocycles. The number of nitrogens with one attached hydrogen (secondary N) is 1. The summed E-state index contributed by atoms with van der Waals surface area (Å²) in [7, 11) is 5.94. The van der Waals surface area contributed by atoms with Crippen LogP contribution in [0.15, 0.2) is 84.4 Å². The average molecular weight is 400 g/mol. The summed E-state index contributed by atoms with van der Waals surface area (Å²) in [6.07, 6.45) is 1.85. The lowest BCUT2D eigenvalue weighted by atomic mass is 9.93. The van der Waals surface area contributed by atoms with Crippen molar-refractivity contribution in [2.45, 2.75) is 20.8 Å². The smallest absolute Gasteiger partial charge is 0.113 e. The molecule has 4 rings (SSSR count). The van der Waals surface area contributed by atoms with E-state index in [9.17, 15) is 0 Å². The van der Waals surface area contributed by atoms with E-state index in [1.165, 1.54) is 5.39 Å². The summed E-state index contributed by atoms with van der Waals surface area (Å²) in [5.74, 6) is 0. The molecule has 4 aromatic rings. The number of aryl methyl sites for hydroxylation is 1. The molecule has 0 bridgehead atoms. The van der Waals surface area contributed by atoms with Crippen LogP contribution in [0.1, 0.15) is 41.8 Å². The molecule has 31 heavy (non-hydrogen) atoms. The second-order valence-corrected chi connectivity index (χ2v) is 7.79. The number of aliphatic imine (C=N–C) groups is 1. The Kier molecular flexibility index (Phi) is 5.77. The number of rotatable bonds is 5. The fourth-order valence-electron chi connectivity index (χ4n) is 3.98. The van der Waals surface area contributed by atoms with Gasteiger partial charge in [-0.2, -0.15) is 0 Å². The molecule has 0 atom stereocenters. The minimum atomic E-state index is 0.740. The molecule has 0 amide bonds. The monoisotopic (exact) mass is 400 g/mol. The van der Waals surface area contributed by atoms with Crippen LogP contribution in [0.2, 0.25) is 0 Å². The van der Waals surface area contributed by atoms with Gasteiger partial charge in [0.25, 0.3) is 0 Å². The van der Waals surface area contributed by atoms with Gasteiger partial charge in [0.1, 0.15) is 7.85 Å². The fourth-order valence-corrected chi connectivity index (χ4v) is 3.98. The molecule has 1 heterocycles. The third-order valence-corrected chi connectivity index (χ3v) is 5.65. The van der Waals surface area contributed by atoms with E-state index in [1.807, 2.05) is 36.4 Å². The van der Waals surface area contributed by atoms with Crippen molar-refractivity contribution in [3.05, 3.63) is 107 Å². The number of aromatic nitrogens is 1. The van der Waals surface area contributed by atoms with Gasteiger partial charge in [0.2, 0.25) is 0 Å². The van der Waals surface area contributed by atoms with E-state index in [0.29, 0.717) is 0 Å². The van der Waals surface area contributed by atoms with Crippen LogP contribution in [-0.2, 0) is 0 Å². The summed E-state index contributed by atoms with van der Waals surface area (Å²) in [5, 5.41) is 1.19. The lowest BCUT2D eigenvalue weighted by Crippen LogP contribution is -2.02. The highest BCUT2D eigenvalue weighted by atomic mass is 14.8. The number of allylic oxidation sites excluding steroid dienone is 1. The Morgan fingerprint density at radius 1 is 0.903 bits per heavy atom. The van der Waals surface area contributed by atoms with Gasteiger partial charge in [-0.05, 0) is 43.5 Å². The molecule has 3 heteroatoms. The third-order valence-electron chi connectivity index (χ3n) is 5.65. The zero-order valence-electron chi connectivity index (χ0n) is 18.2. The molecule has 0 aliphatic carbocycles. The van der Waals surface area contributed by atoms with E-state index < -0.39 is 0 Å². The number of benzene rings is 3. The number of H-pyrrole nitrogens is 1. The Labute approximate surface area is 185 Å². The van der Waals surface area contributed by atoms with Gasteiger partial charge >= 0.3 is 0 Å². The highest BCUT2D eigenvalue weighted by Gasteiger charge is 2.13. The molecular formula is C28H25BN2. The molecule has 150 valence electrons. The van der Waals surface area contributed by atoms with E-state index in [0.717, 1.165) is 55.9 Å². The SMILES string of the molecule is [B]c1ccc(/C(N=C(C)c2c(C)[nH]c3ccccc23)=C(/C)c2ccc(C=C)cc2)cc1. The van der Waals surface area contributed by atoms with Crippen molar-refractivity contribution < 1.29 is 0 Å². The number of para-hydroxylation sites is 1. The van der Waals surface area contributed by atoms with Crippen molar-refractivity contribution in [1.82, 2.24) is 4.98 Å². The van der Waals surface area contributed by atoms with Gasteiger partial charge in [-0.25, -0.2) is 0 Å². The Hall–Kier alpha value is -3.59. The minimum absolute atomic E-state index is 0.740. The summed E-state index contributed by atoms with van der Waals surface area (Å²) in [6.45, 7) is 10.1. The predicted octanol–water partition coefficient (Wildman–Crippen LogP) is 6.31. The molecule has 2 nitrogen and oxygen atoms in total. The third kappa shape index (κ3) is 4.17. The number of nitrogens with zero attached hydrogens (tertiary/aromatic N) is 1. The molecule has 3 aromatic carbocycles. The van der Waals surface area contributed by atoms with Crippen LogP contribution in [-0.4, -0.2) is 18.5 Å². The second kappa shape index (κ2) is 8.65. The molecule has 0 spiro atoms. The van der Waals surface area contributed by atoms with Crippen molar-refractivity contribution in [3.8, 4) is 0 Å². The highest BCUT2D eigenvalue weighted by Crippen LogP contribution is 2.30. The molecular weight excluding hydrogens is 375 g/mol. The van der Waals surface area contributed by atoms with Gasteiger partial charge in [-0.15, -0.1) is 0 Å². The normalized spacial score (nSPS) is 12.7. The van der Waals surface area contributed by atoms with Gasteiger partial charge in [0, 0.05) is 33.4 Å². The average Bonchev–Trinajstić information content (AvgIpc) is 3.13. The maximum Gasteiger partial charge on any atom is 0.113 e. The standard InChI is InChI=1S/C28H25BN2/c1-5-21-10-12-22(13-11-21)18(2)28(23-14-16-24(29)17-15-23)31-20(4)27-19(3)30-26-9-7-6-8-25(26)27/h5-17,30H,1H2,2-4H3/b28-18+,31-20?. The molecule has 0 fully saturated rings. The molecule has 0 aliphatic rings. The largest absolute Gasteiger partial charge is 0.358 e. The first-order chi connectivity index (χ1) is 15.0. The summed E-state index contributed by atoms with van der Waals surface area (Å²) >= 11 is 0. The van der Waals surface area contributed by atoms with Crippen LogP contribution in [0, 0.1) is 6.92 Å². The number of fused-ring (bicyclic) bond motifs is 1. The summed E-state index contributed by atoms with van der Waals surface area (Å²) in [6, 6.07) is 24.6. The maximum absolute atomic E-state index is 5.94. The van der Waals surface area contributed by atoms with Crippen LogP contribution < -0.4 is 5.46 Å².